The van der Waals surface area contributed by atoms with Crippen molar-refractivity contribution in [2.75, 3.05) is 38.1 Å². The predicted molar refractivity (Wildman–Crippen MR) is 115 cm³/mol. The summed E-state index contributed by atoms with van der Waals surface area (Å²) in [6, 6.07) is 8.60. The Hall–Kier alpha value is -3.61. The first-order valence-corrected chi connectivity index (χ1v) is 10.5. The maximum Gasteiger partial charge on any atom is 0.490 e. The van der Waals surface area contributed by atoms with Gasteiger partial charge in [0.15, 0.2) is 0 Å². The molecule has 0 bridgehead atoms. The van der Waals surface area contributed by atoms with Crippen LogP contribution in [0.2, 0.25) is 0 Å². The van der Waals surface area contributed by atoms with Crippen molar-refractivity contribution in [3.05, 3.63) is 65.5 Å². The highest BCUT2D eigenvalue weighted by Gasteiger charge is 2.48. The van der Waals surface area contributed by atoms with Gasteiger partial charge in [0.25, 0.3) is 5.91 Å². The summed E-state index contributed by atoms with van der Waals surface area (Å²) in [5.41, 5.74) is -0.0857. The van der Waals surface area contributed by atoms with E-state index in [9.17, 15) is 35.9 Å². The Bertz CT molecular complexity index is 1150. The van der Waals surface area contributed by atoms with Crippen molar-refractivity contribution in [2.45, 2.75) is 18.1 Å². The fourth-order valence-corrected chi connectivity index (χ4v) is 4.17. The summed E-state index contributed by atoms with van der Waals surface area (Å²) in [6.45, 7) is 1.13. The zero-order chi connectivity index (χ0) is 26.8. The largest absolute Gasteiger partial charge is 0.490 e. The number of benzene rings is 2. The number of likely N-dealkylation sites (tertiary alicyclic amines) is 1. The molecule has 2 amide bonds. The third-order valence-electron chi connectivity index (χ3n) is 6.03. The second kappa shape index (κ2) is 10.2. The van der Waals surface area contributed by atoms with Crippen LogP contribution in [0.5, 0.6) is 0 Å². The van der Waals surface area contributed by atoms with Gasteiger partial charge in [0, 0.05) is 37.0 Å². The summed E-state index contributed by atoms with van der Waals surface area (Å²) in [5.74, 6) is -5.41. The van der Waals surface area contributed by atoms with Gasteiger partial charge in [0.2, 0.25) is 5.91 Å². The zero-order valence-electron chi connectivity index (χ0n) is 18.9. The van der Waals surface area contributed by atoms with Gasteiger partial charge in [-0.25, -0.2) is 18.0 Å². The van der Waals surface area contributed by atoms with Gasteiger partial charge in [-0.15, -0.1) is 0 Å². The summed E-state index contributed by atoms with van der Waals surface area (Å²) < 4.78 is 72.4. The minimum Gasteiger partial charge on any atom is -0.475 e. The number of carboxylic acid groups (broad SMARTS) is 1. The van der Waals surface area contributed by atoms with E-state index in [0.717, 1.165) is 18.2 Å². The molecule has 0 radical (unpaired) electrons. The average Bonchev–Trinajstić information content (AvgIpc) is 3.20. The van der Waals surface area contributed by atoms with Crippen LogP contribution >= 0.6 is 0 Å². The molecule has 7 nitrogen and oxygen atoms in total. The number of carboxylic acids is 1. The van der Waals surface area contributed by atoms with Crippen molar-refractivity contribution in [3.8, 4) is 0 Å². The Morgan fingerprint density at radius 1 is 0.972 bits per heavy atom. The number of amides is 2. The molecule has 4 rings (SSSR count). The molecule has 1 atom stereocenters. The van der Waals surface area contributed by atoms with E-state index in [2.05, 4.69) is 0 Å². The fourth-order valence-electron chi connectivity index (χ4n) is 4.17. The average molecular weight is 517 g/mol. The first kappa shape index (κ1) is 27.0. The van der Waals surface area contributed by atoms with Gasteiger partial charge in [-0.3, -0.25) is 14.5 Å². The summed E-state index contributed by atoms with van der Waals surface area (Å²) in [5, 5.41) is 7.12. The Morgan fingerprint density at radius 2 is 1.58 bits per heavy atom. The van der Waals surface area contributed by atoms with Crippen LogP contribution in [0.15, 0.2) is 42.5 Å². The monoisotopic (exact) mass is 517 g/mol. The molecule has 2 aliphatic heterocycles. The van der Waals surface area contributed by atoms with Crippen molar-refractivity contribution >= 4 is 23.5 Å². The number of alkyl halides is 3. The van der Waals surface area contributed by atoms with Crippen molar-refractivity contribution in [3.63, 3.8) is 0 Å². The third kappa shape index (κ3) is 5.96. The maximum absolute atomic E-state index is 13.7. The highest BCUT2D eigenvalue weighted by molar-refractivity contribution is 5.97. The summed E-state index contributed by atoms with van der Waals surface area (Å²) in [7, 11) is 1.82. The summed E-state index contributed by atoms with van der Waals surface area (Å²) in [4.78, 5) is 39.2. The molecule has 0 aliphatic carbocycles. The summed E-state index contributed by atoms with van der Waals surface area (Å²) >= 11 is 0. The first-order chi connectivity index (χ1) is 16.7. The molecule has 1 N–H and O–H groups in total. The number of carbonyl (C=O) groups is 3. The molecule has 2 aliphatic rings. The lowest BCUT2D eigenvalue weighted by atomic mass is 9.92. The minimum atomic E-state index is -5.08. The molecule has 2 aromatic rings. The van der Waals surface area contributed by atoms with E-state index in [1.165, 1.54) is 12.1 Å². The highest BCUT2D eigenvalue weighted by Crippen LogP contribution is 2.34. The van der Waals surface area contributed by atoms with E-state index in [4.69, 9.17) is 9.90 Å². The Balaban J connectivity index is 0.000000454. The number of halogens is 6. The highest BCUT2D eigenvalue weighted by atomic mass is 19.4. The molecule has 1 unspecified atom stereocenters. The van der Waals surface area contributed by atoms with Crippen LogP contribution in [0.25, 0.3) is 0 Å². The Morgan fingerprint density at radius 3 is 2.14 bits per heavy atom. The molecular formula is C23H21F6N3O4. The molecule has 2 aromatic carbocycles. The van der Waals surface area contributed by atoms with E-state index in [0.29, 0.717) is 31.7 Å². The normalized spacial score (nSPS) is 20.4. The molecular weight excluding hydrogens is 496 g/mol. The van der Waals surface area contributed by atoms with Crippen LogP contribution in [-0.4, -0.2) is 77.6 Å². The number of hydrogen-bond acceptors (Lipinski definition) is 4. The SMILES string of the molecule is CN1CC(=O)N(c2cccc(F)c2)CC12CCN(C(=O)c1cc(F)cc(F)c1)C2.O=C(O)C(F)(F)F. The smallest absolute Gasteiger partial charge is 0.475 e. The number of rotatable bonds is 2. The Labute approximate surface area is 201 Å². The van der Waals surface area contributed by atoms with Gasteiger partial charge in [-0.1, -0.05) is 6.07 Å². The van der Waals surface area contributed by atoms with Crippen molar-refractivity contribution < 1.29 is 45.8 Å². The van der Waals surface area contributed by atoms with Gasteiger partial charge in [0.1, 0.15) is 17.5 Å². The zero-order valence-corrected chi connectivity index (χ0v) is 18.9. The number of aliphatic carboxylic acids is 1. The first-order valence-electron chi connectivity index (χ1n) is 10.5. The quantitative estimate of drug-likeness (QED) is 0.619. The van der Waals surface area contributed by atoms with E-state index in [1.54, 1.807) is 21.9 Å². The molecule has 2 fully saturated rings. The number of piperazine rings is 1. The number of likely N-dealkylation sites (N-methyl/N-ethyl adjacent to an activating group) is 1. The Kier molecular flexibility index (Phi) is 7.62. The molecule has 0 aromatic heterocycles. The molecule has 0 saturated carbocycles. The van der Waals surface area contributed by atoms with Crippen LogP contribution in [0.4, 0.5) is 32.0 Å². The van der Waals surface area contributed by atoms with E-state index >= 15 is 0 Å². The summed E-state index contributed by atoms with van der Waals surface area (Å²) in [6.07, 6.45) is -4.49. The maximum atomic E-state index is 13.7. The second-order valence-corrected chi connectivity index (χ2v) is 8.48. The second-order valence-electron chi connectivity index (χ2n) is 8.48. The van der Waals surface area contributed by atoms with E-state index in [-0.39, 0.29) is 18.0 Å². The predicted octanol–water partition coefficient (Wildman–Crippen LogP) is 3.30. The van der Waals surface area contributed by atoms with Crippen molar-refractivity contribution in [1.82, 2.24) is 9.80 Å². The van der Waals surface area contributed by atoms with Gasteiger partial charge in [-0.2, -0.15) is 13.2 Å². The van der Waals surface area contributed by atoms with Crippen LogP contribution in [0.1, 0.15) is 16.8 Å². The van der Waals surface area contributed by atoms with Gasteiger partial charge in [-0.05, 0) is 43.8 Å². The lowest BCUT2D eigenvalue weighted by Gasteiger charge is -2.46. The van der Waals surface area contributed by atoms with Crippen LogP contribution in [-0.2, 0) is 9.59 Å². The fraction of sp³-hybridized carbons (Fsp3) is 0.348. The molecule has 2 heterocycles. The van der Waals surface area contributed by atoms with Crippen LogP contribution in [0, 0.1) is 17.5 Å². The lowest BCUT2D eigenvalue weighted by molar-refractivity contribution is -0.192. The van der Waals surface area contributed by atoms with Crippen LogP contribution in [0.3, 0.4) is 0 Å². The number of nitrogens with zero attached hydrogens (tertiary/aromatic N) is 3. The standard InChI is InChI=1S/C21H20F3N3O2.C2HF3O2/c1-25-11-19(28)27(18-4-2-3-15(22)10-18)13-21(25)5-6-26(12-21)20(29)14-7-16(23)9-17(24)8-14;3-2(4,5)1(6)7/h2-4,7-10H,5-6,11-13H2,1H3;(H,6,7). The molecule has 194 valence electrons. The minimum absolute atomic E-state index is 0.0453. The van der Waals surface area contributed by atoms with Gasteiger partial charge >= 0.3 is 12.1 Å². The van der Waals surface area contributed by atoms with Crippen molar-refractivity contribution in [1.29, 1.82) is 0 Å². The molecule has 1 spiro atoms. The van der Waals surface area contributed by atoms with Gasteiger partial charge in [0.05, 0.1) is 12.1 Å². The number of hydrogen-bond donors (Lipinski definition) is 1. The molecule has 2 saturated heterocycles. The van der Waals surface area contributed by atoms with Crippen LogP contribution < -0.4 is 4.90 Å². The topological polar surface area (TPSA) is 81.2 Å². The lowest BCUT2D eigenvalue weighted by Crippen LogP contribution is -2.64. The van der Waals surface area contributed by atoms with E-state index < -0.39 is 41.0 Å². The number of carbonyl (C=O) groups excluding carboxylic acids is 2. The number of anilines is 1. The molecule has 13 heteroatoms. The van der Waals surface area contributed by atoms with Gasteiger partial charge < -0.3 is 14.9 Å². The van der Waals surface area contributed by atoms with E-state index in [1.807, 2.05) is 11.9 Å². The molecule has 36 heavy (non-hydrogen) atoms. The third-order valence-corrected chi connectivity index (χ3v) is 6.03. The van der Waals surface area contributed by atoms with Crippen molar-refractivity contribution in [2.24, 2.45) is 0 Å².